The number of hydrogen-bond donors (Lipinski definition) is 2. The minimum absolute atomic E-state index is 0.196. The van der Waals surface area contributed by atoms with Crippen molar-refractivity contribution >= 4 is 0 Å². The molecule has 3 N–H and O–H groups in total. The molecule has 0 aromatic heterocycles. The van der Waals surface area contributed by atoms with E-state index in [4.69, 9.17) is 10.6 Å². The van der Waals surface area contributed by atoms with Crippen LogP contribution in [0.4, 0.5) is 0 Å². The average molecular weight is 188 g/mol. The van der Waals surface area contributed by atoms with Gasteiger partial charge in [-0.25, -0.2) is 0 Å². The molecule has 13 heavy (non-hydrogen) atoms. The lowest BCUT2D eigenvalue weighted by molar-refractivity contribution is -0.0164. The lowest BCUT2D eigenvalue weighted by Gasteiger charge is -2.34. The van der Waals surface area contributed by atoms with Crippen molar-refractivity contribution in [2.45, 2.75) is 52.2 Å². The molecule has 0 aliphatic rings. The Bertz CT molecular complexity index is 137. The predicted octanol–water partition coefficient (Wildman–Crippen LogP) is 1.68. The van der Waals surface area contributed by atoms with E-state index in [-0.39, 0.29) is 11.6 Å². The van der Waals surface area contributed by atoms with Crippen molar-refractivity contribution in [3.8, 4) is 0 Å². The minimum atomic E-state index is -0.196. The maximum Gasteiger partial charge on any atom is 0.0788 e. The molecule has 0 rings (SSSR count). The molecule has 0 spiro atoms. The zero-order valence-electron chi connectivity index (χ0n) is 9.55. The summed E-state index contributed by atoms with van der Waals surface area (Å²) in [5.41, 5.74) is 2.64. The average Bonchev–Trinajstić information content (AvgIpc) is 2.13. The van der Waals surface area contributed by atoms with Crippen LogP contribution >= 0.6 is 0 Å². The fourth-order valence-corrected chi connectivity index (χ4v) is 1.26. The minimum Gasteiger partial charge on any atom is -0.377 e. The van der Waals surface area contributed by atoms with Crippen LogP contribution in [0.1, 0.15) is 40.5 Å². The first-order valence-corrected chi connectivity index (χ1v) is 4.99. The van der Waals surface area contributed by atoms with Crippen molar-refractivity contribution in [1.29, 1.82) is 0 Å². The van der Waals surface area contributed by atoms with Crippen molar-refractivity contribution in [3.63, 3.8) is 0 Å². The summed E-state index contributed by atoms with van der Waals surface area (Å²) in [6, 6.07) is 0.215. The van der Waals surface area contributed by atoms with Crippen molar-refractivity contribution in [1.82, 2.24) is 5.43 Å². The van der Waals surface area contributed by atoms with Crippen molar-refractivity contribution in [2.75, 3.05) is 7.11 Å². The van der Waals surface area contributed by atoms with Gasteiger partial charge in [0.15, 0.2) is 0 Å². The Balaban J connectivity index is 4.17. The molecule has 0 saturated carbocycles. The summed E-state index contributed by atoms with van der Waals surface area (Å²) in [6.45, 7) is 8.54. The third kappa shape index (κ3) is 4.07. The highest BCUT2D eigenvalue weighted by Gasteiger charge is 2.29. The predicted molar refractivity (Wildman–Crippen MR) is 56.3 cm³/mol. The van der Waals surface area contributed by atoms with E-state index >= 15 is 0 Å². The first-order valence-electron chi connectivity index (χ1n) is 4.99. The van der Waals surface area contributed by atoms with Crippen LogP contribution in [0, 0.1) is 5.92 Å². The van der Waals surface area contributed by atoms with Crippen LogP contribution in [0.5, 0.6) is 0 Å². The summed E-state index contributed by atoms with van der Waals surface area (Å²) >= 11 is 0. The van der Waals surface area contributed by atoms with Gasteiger partial charge in [-0.1, -0.05) is 20.3 Å². The Morgan fingerprint density at radius 2 is 2.00 bits per heavy atom. The van der Waals surface area contributed by atoms with Crippen LogP contribution in [0.2, 0.25) is 0 Å². The topological polar surface area (TPSA) is 47.3 Å². The van der Waals surface area contributed by atoms with Crippen molar-refractivity contribution < 1.29 is 4.74 Å². The van der Waals surface area contributed by atoms with E-state index in [1.54, 1.807) is 7.11 Å². The highest BCUT2D eigenvalue weighted by atomic mass is 16.5. The van der Waals surface area contributed by atoms with Crippen molar-refractivity contribution in [2.24, 2.45) is 11.8 Å². The summed E-state index contributed by atoms with van der Waals surface area (Å²) in [5.74, 6) is 6.18. The molecular formula is C10H24N2O. The molecule has 0 radical (unpaired) electrons. The van der Waals surface area contributed by atoms with E-state index in [1.165, 1.54) is 6.42 Å². The van der Waals surface area contributed by atoms with Gasteiger partial charge in [-0.2, -0.15) is 0 Å². The molecule has 3 heteroatoms. The molecule has 3 nitrogen and oxygen atoms in total. The lowest BCUT2D eigenvalue weighted by Crippen LogP contribution is -2.51. The highest BCUT2D eigenvalue weighted by Crippen LogP contribution is 2.20. The van der Waals surface area contributed by atoms with Gasteiger partial charge in [0.2, 0.25) is 0 Å². The normalized spacial score (nSPS) is 17.1. The summed E-state index contributed by atoms with van der Waals surface area (Å²) in [4.78, 5) is 0. The third-order valence-corrected chi connectivity index (χ3v) is 2.90. The molecule has 80 valence electrons. The molecule has 0 saturated heterocycles. The molecular weight excluding hydrogens is 164 g/mol. The second-order valence-electron chi connectivity index (χ2n) is 4.28. The zero-order chi connectivity index (χ0) is 10.5. The van der Waals surface area contributed by atoms with Gasteiger partial charge in [0.25, 0.3) is 0 Å². The van der Waals surface area contributed by atoms with E-state index < -0.39 is 0 Å². The number of nitrogens with one attached hydrogen (secondary N) is 1. The highest BCUT2D eigenvalue weighted by molar-refractivity contribution is 4.84. The lowest BCUT2D eigenvalue weighted by atomic mass is 9.89. The summed E-state index contributed by atoms with van der Waals surface area (Å²) in [5, 5.41) is 0. The van der Waals surface area contributed by atoms with Gasteiger partial charge < -0.3 is 4.74 Å². The fourth-order valence-electron chi connectivity index (χ4n) is 1.26. The van der Waals surface area contributed by atoms with E-state index in [0.717, 1.165) is 6.42 Å². The monoisotopic (exact) mass is 188 g/mol. The smallest absolute Gasteiger partial charge is 0.0788 e. The Morgan fingerprint density at radius 1 is 1.46 bits per heavy atom. The van der Waals surface area contributed by atoms with E-state index in [1.807, 2.05) is 0 Å². The van der Waals surface area contributed by atoms with Gasteiger partial charge in [-0.15, -0.1) is 0 Å². The number of hydrogen-bond acceptors (Lipinski definition) is 3. The SMILES string of the molecule is CCC(C)CC(NN)C(C)(C)OC. The number of methoxy groups -OCH3 is 1. The first-order chi connectivity index (χ1) is 5.97. The molecule has 2 atom stereocenters. The van der Waals surface area contributed by atoms with Gasteiger partial charge in [0.05, 0.1) is 5.60 Å². The second-order valence-corrected chi connectivity index (χ2v) is 4.28. The van der Waals surface area contributed by atoms with Gasteiger partial charge >= 0.3 is 0 Å². The number of rotatable bonds is 6. The summed E-state index contributed by atoms with van der Waals surface area (Å²) in [7, 11) is 1.72. The largest absolute Gasteiger partial charge is 0.377 e. The Kier molecular flexibility index (Phi) is 5.53. The van der Waals surface area contributed by atoms with Gasteiger partial charge in [-0.3, -0.25) is 11.3 Å². The number of ether oxygens (including phenoxy) is 1. The number of hydrazine groups is 1. The Morgan fingerprint density at radius 3 is 2.31 bits per heavy atom. The van der Waals surface area contributed by atoms with Crippen LogP contribution < -0.4 is 11.3 Å². The number of nitrogens with two attached hydrogens (primary N) is 1. The van der Waals surface area contributed by atoms with E-state index in [9.17, 15) is 0 Å². The molecule has 0 aliphatic heterocycles. The van der Waals surface area contributed by atoms with Crippen LogP contribution in [-0.2, 0) is 4.74 Å². The molecule has 2 unspecified atom stereocenters. The van der Waals surface area contributed by atoms with Crippen LogP contribution in [0.3, 0.4) is 0 Å². The molecule has 0 aromatic rings. The molecule has 0 heterocycles. The maximum atomic E-state index is 5.51. The molecule has 0 bridgehead atoms. The first kappa shape index (κ1) is 12.9. The fraction of sp³-hybridized carbons (Fsp3) is 1.00. The third-order valence-electron chi connectivity index (χ3n) is 2.90. The Labute approximate surface area is 82.0 Å². The molecule has 0 aromatic carbocycles. The quantitative estimate of drug-likeness (QED) is 0.492. The van der Waals surface area contributed by atoms with Gasteiger partial charge in [0, 0.05) is 13.2 Å². The standard InChI is InChI=1S/C10H24N2O/c1-6-8(2)7-9(12-11)10(3,4)13-5/h8-9,12H,6-7,11H2,1-5H3. The second kappa shape index (κ2) is 5.58. The molecule has 0 aliphatic carbocycles. The molecule has 0 fully saturated rings. The maximum absolute atomic E-state index is 5.51. The van der Waals surface area contributed by atoms with E-state index in [0.29, 0.717) is 5.92 Å². The van der Waals surface area contributed by atoms with Crippen molar-refractivity contribution in [3.05, 3.63) is 0 Å². The summed E-state index contributed by atoms with van der Waals surface area (Å²) < 4.78 is 5.39. The van der Waals surface area contributed by atoms with Gasteiger partial charge in [0.1, 0.15) is 0 Å². The van der Waals surface area contributed by atoms with Crippen LogP contribution in [-0.4, -0.2) is 18.8 Å². The van der Waals surface area contributed by atoms with E-state index in [2.05, 4.69) is 33.1 Å². The molecule has 0 amide bonds. The Hall–Kier alpha value is -0.120. The van der Waals surface area contributed by atoms with Crippen LogP contribution in [0.25, 0.3) is 0 Å². The van der Waals surface area contributed by atoms with Crippen LogP contribution in [0.15, 0.2) is 0 Å². The summed E-state index contributed by atoms with van der Waals surface area (Å²) in [6.07, 6.45) is 2.23. The zero-order valence-corrected chi connectivity index (χ0v) is 9.55. The van der Waals surface area contributed by atoms with Gasteiger partial charge in [-0.05, 0) is 26.2 Å².